The Labute approximate surface area is 105 Å². The van der Waals surface area contributed by atoms with Crippen LogP contribution in [-0.2, 0) is 19.0 Å². The Morgan fingerprint density at radius 3 is 2.67 bits per heavy atom. The van der Waals surface area contributed by atoms with Gasteiger partial charge in [0.15, 0.2) is 18.0 Å². The van der Waals surface area contributed by atoms with Crippen molar-refractivity contribution in [3.8, 4) is 0 Å². The molecule has 3 aliphatic rings. The number of ether oxygens (including phenoxy) is 3. The van der Waals surface area contributed by atoms with Crippen molar-refractivity contribution in [1.82, 2.24) is 0 Å². The molecular weight excluding hydrogens is 240 g/mol. The zero-order valence-electron chi connectivity index (χ0n) is 10.1. The van der Waals surface area contributed by atoms with Gasteiger partial charge in [0.2, 0.25) is 0 Å². The first-order valence-corrected chi connectivity index (χ1v) is 6.50. The Balaban J connectivity index is 1.77. The van der Waals surface area contributed by atoms with Gasteiger partial charge in [-0.25, -0.2) is 4.79 Å². The van der Waals surface area contributed by atoms with E-state index in [-0.39, 0.29) is 0 Å². The summed E-state index contributed by atoms with van der Waals surface area (Å²) in [7, 11) is 0. The summed E-state index contributed by atoms with van der Waals surface area (Å²) in [5.74, 6) is -1.18. The van der Waals surface area contributed by atoms with Gasteiger partial charge < -0.3 is 24.4 Å². The summed E-state index contributed by atoms with van der Waals surface area (Å²) in [6.45, 7) is -0.461. The molecule has 0 bridgehead atoms. The second kappa shape index (κ2) is 4.45. The average Bonchev–Trinajstić information content (AvgIpc) is 2.87. The second-order valence-corrected chi connectivity index (χ2v) is 5.24. The SMILES string of the molecule is O=C1O[C@H]([C@H](O)CO)[C@H]2OC3(CCCCC3)O[C@@H]12. The monoisotopic (exact) mass is 258 g/mol. The molecule has 2 N–H and O–H groups in total. The van der Waals surface area contributed by atoms with Crippen LogP contribution in [0, 0.1) is 0 Å². The van der Waals surface area contributed by atoms with Gasteiger partial charge in [0.05, 0.1) is 6.61 Å². The van der Waals surface area contributed by atoms with Crippen molar-refractivity contribution in [2.45, 2.75) is 62.3 Å². The minimum Gasteiger partial charge on any atom is -0.455 e. The normalized spacial score (nSPS) is 39.7. The maximum atomic E-state index is 11.7. The molecule has 6 nitrogen and oxygen atoms in total. The van der Waals surface area contributed by atoms with Gasteiger partial charge >= 0.3 is 5.97 Å². The predicted molar refractivity (Wildman–Crippen MR) is 58.5 cm³/mol. The molecule has 18 heavy (non-hydrogen) atoms. The molecule has 102 valence electrons. The Kier molecular flexibility index (Phi) is 3.05. The van der Waals surface area contributed by atoms with Gasteiger partial charge in [0, 0.05) is 12.8 Å². The molecule has 0 unspecified atom stereocenters. The number of rotatable bonds is 2. The van der Waals surface area contributed by atoms with E-state index >= 15 is 0 Å². The van der Waals surface area contributed by atoms with Crippen LogP contribution in [0.1, 0.15) is 32.1 Å². The summed E-state index contributed by atoms with van der Waals surface area (Å²) >= 11 is 0. The van der Waals surface area contributed by atoms with Gasteiger partial charge in [-0.2, -0.15) is 0 Å². The van der Waals surface area contributed by atoms with Gasteiger partial charge in [0.1, 0.15) is 12.2 Å². The lowest BCUT2D eigenvalue weighted by molar-refractivity contribution is -0.222. The van der Waals surface area contributed by atoms with Crippen LogP contribution in [0.15, 0.2) is 0 Å². The number of fused-ring (bicyclic) bond motifs is 1. The van der Waals surface area contributed by atoms with E-state index in [1.165, 1.54) is 0 Å². The summed E-state index contributed by atoms with van der Waals surface area (Å²) in [5, 5.41) is 18.6. The van der Waals surface area contributed by atoms with E-state index in [9.17, 15) is 9.90 Å². The lowest BCUT2D eigenvalue weighted by Crippen LogP contribution is -2.41. The topological polar surface area (TPSA) is 85.2 Å². The fraction of sp³-hybridized carbons (Fsp3) is 0.917. The highest BCUT2D eigenvalue weighted by atomic mass is 16.8. The fourth-order valence-electron chi connectivity index (χ4n) is 3.05. The van der Waals surface area contributed by atoms with Crippen molar-refractivity contribution < 1.29 is 29.2 Å². The third kappa shape index (κ3) is 1.84. The molecule has 0 aromatic heterocycles. The first-order chi connectivity index (χ1) is 8.65. The third-order valence-electron chi connectivity index (χ3n) is 3.98. The van der Waals surface area contributed by atoms with Crippen molar-refractivity contribution in [1.29, 1.82) is 0 Å². The molecule has 3 fully saturated rings. The largest absolute Gasteiger partial charge is 0.455 e. The van der Waals surface area contributed by atoms with E-state index in [0.717, 1.165) is 32.1 Å². The van der Waals surface area contributed by atoms with Crippen LogP contribution in [0.25, 0.3) is 0 Å². The number of hydrogen-bond donors (Lipinski definition) is 2. The molecule has 0 amide bonds. The van der Waals surface area contributed by atoms with E-state index in [4.69, 9.17) is 19.3 Å². The Bertz CT molecular complexity index is 337. The smallest absolute Gasteiger partial charge is 0.338 e. The second-order valence-electron chi connectivity index (χ2n) is 5.24. The maximum Gasteiger partial charge on any atom is 0.338 e. The van der Waals surface area contributed by atoms with Gasteiger partial charge in [-0.1, -0.05) is 6.42 Å². The highest BCUT2D eigenvalue weighted by Gasteiger charge is 2.60. The lowest BCUT2D eigenvalue weighted by atomic mass is 9.94. The summed E-state index contributed by atoms with van der Waals surface area (Å²) in [6, 6.07) is 0. The fourth-order valence-corrected chi connectivity index (χ4v) is 3.05. The molecule has 3 rings (SSSR count). The predicted octanol–water partition coefficient (Wildman–Crippen LogP) is -0.291. The number of carbonyl (C=O) groups is 1. The molecule has 2 heterocycles. The Morgan fingerprint density at radius 2 is 2.00 bits per heavy atom. The van der Waals surface area contributed by atoms with Crippen LogP contribution in [0.4, 0.5) is 0 Å². The van der Waals surface area contributed by atoms with Crippen LogP contribution in [-0.4, -0.2) is 53.0 Å². The molecule has 6 heteroatoms. The molecular formula is C12H18O6. The Morgan fingerprint density at radius 1 is 1.28 bits per heavy atom. The number of carbonyl (C=O) groups excluding carboxylic acids is 1. The van der Waals surface area contributed by atoms with Crippen molar-refractivity contribution in [3.05, 3.63) is 0 Å². The number of cyclic esters (lactones) is 1. The van der Waals surface area contributed by atoms with E-state index in [2.05, 4.69) is 0 Å². The molecule has 1 spiro atoms. The summed E-state index contributed by atoms with van der Waals surface area (Å²) in [5.41, 5.74) is 0. The number of hydrogen-bond acceptors (Lipinski definition) is 6. The lowest BCUT2D eigenvalue weighted by Gasteiger charge is -2.33. The van der Waals surface area contributed by atoms with Gasteiger partial charge in [-0.15, -0.1) is 0 Å². The number of aliphatic hydroxyl groups excluding tert-OH is 2. The van der Waals surface area contributed by atoms with E-state index < -0.39 is 42.8 Å². The third-order valence-corrected chi connectivity index (χ3v) is 3.98. The molecule has 2 aliphatic heterocycles. The van der Waals surface area contributed by atoms with Crippen molar-refractivity contribution in [3.63, 3.8) is 0 Å². The van der Waals surface area contributed by atoms with Crippen LogP contribution in [0.3, 0.4) is 0 Å². The number of esters is 1. The van der Waals surface area contributed by atoms with Crippen molar-refractivity contribution in [2.24, 2.45) is 0 Å². The highest BCUT2D eigenvalue weighted by molar-refractivity contribution is 5.78. The van der Waals surface area contributed by atoms with Crippen molar-refractivity contribution in [2.75, 3.05) is 6.61 Å². The van der Waals surface area contributed by atoms with E-state index in [1.54, 1.807) is 0 Å². The van der Waals surface area contributed by atoms with Crippen LogP contribution in [0.5, 0.6) is 0 Å². The first kappa shape index (κ1) is 12.3. The molecule has 0 radical (unpaired) electrons. The molecule has 1 aliphatic carbocycles. The minimum absolute atomic E-state index is 0.461. The molecule has 0 aromatic carbocycles. The highest BCUT2D eigenvalue weighted by Crippen LogP contribution is 2.44. The number of aliphatic hydroxyl groups is 2. The maximum absolute atomic E-state index is 11.7. The minimum atomic E-state index is -1.12. The summed E-state index contributed by atoms with van der Waals surface area (Å²) in [4.78, 5) is 11.7. The van der Waals surface area contributed by atoms with Crippen LogP contribution >= 0.6 is 0 Å². The zero-order valence-corrected chi connectivity index (χ0v) is 10.1. The van der Waals surface area contributed by atoms with Gasteiger partial charge in [-0.3, -0.25) is 0 Å². The zero-order chi connectivity index (χ0) is 12.8. The Hall–Kier alpha value is -0.690. The quantitative estimate of drug-likeness (QED) is 0.662. The van der Waals surface area contributed by atoms with E-state index in [0.29, 0.717) is 0 Å². The van der Waals surface area contributed by atoms with Crippen molar-refractivity contribution >= 4 is 5.97 Å². The summed E-state index contributed by atoms with van der Waals surface area (Å²) in [6.07, 6.45) is 1.43. The van der Waals surface area contributed by atoms with Crippen LogP contribution < -0.4 is 0 Å². The van der Waals surface area contributed by atoms with Gasteiger partial charge in [0.25, 0.3) is 0 Å². The standard InChI is InChI=1S/C12H18O6/c13-6-7(14)8-9-10(11(15)16-8)18-12(17-9)4-2-1-3-5-12/h7-10,13-14H,1-6H2/t7-,8-,9-,10-/m1/s1. The summed E-state index contributed by atoms with van der Waals surface area (Å²) < 4.78 is 16.7. The molecule has 0 aromatic rings. The van der Waals surface area contributed by atoms with E-state index in [1.807, 2.05) is 0 Å². The molecule has 2 saturated heterocycles. The molecule has 4 atom stereocenters. The van der Waals surface area contributed by atoms with Gasteiger partial charge in [-0.05, 0) is 12.8 Å². The first-order valence-electron chi connectivity index (χ1n) is 6.50. The molecule has 1 saturated carbocycles. The van der Waals surface area contributed by atoms with Crippen LogP contribution in [0.2, 0.25) is 0 Å². The average molecular weight is 258 g/mol.